The first-order valence-electron chi connectivity index (χ1n) is 7.10. The molecule has 0 aromatic heterocycles. The molecule has 0 aliphatic heterocycles. The lowest BCUT2D eigenvalue weighted by atomic mass is 10.2. The lowest BCUT2D eigenvalue weighted by Crippen LogP contribution is -3.12. The summed E-state index contributed by atoms with van der Waals surface area (Å²) in [4.78, 5) is 13.3. The molecule has 0 fully saturated rings. The van der Waals surface area contributed by atoms with Crippen molar-refractivity contribution in [3.63, 3.8) is 0 Å². The first-order valence-corrected chi connectivity index (χ1v) is 7.89. The Balaban J connectivity index is 2.01. The van der Waals surface area contributed by atoms with Crippen molar-refractivity contribution < 1.29 is 14.1 Å². The molecule has 2 aromatic carbocycles. The van der Waals surface area contributed by atoms with E-state index in [9.17, 15) is 9.18 Å². The van der Waals surface area contributed by atoms with Crippen LogP contribution in [0.5, 0.6) is 0 Å². The fourth-order valence-electron chi connectivity index (χ4n) is 2.12. The molecule has 116 valence electrons. The third kappa shape index (κ3) is 4.15. The van der Waals surface area contributed by atoms with Gasteiger partial charge in [0.25, 0.3) is 5.91 Å². The smallest absolute Gasteiger partial charge is 0.282 e. The highest BCUT2D eigenvalue weighted by Crippen LogP contribution is 2.15. The molecule has 2 rings (SSSR count). The summed E-state index contributed by atoms with van der Waals surface area (Å²) in [5.74, 6) is -0.624. The number of carbonyl (C=O) groups excluding carboxylic acids is 1. The predicted octanol–water partition coefficient (Wildman–Crippen LogP) is 2.63. The zero-order valence-corrected chi connectivity index (χ0v) is 14.2. The second-order valence-corrected chi connectivity index (χ2v) is 6.16. The average molecular weight is 366 g/mol. The Bertz CT molecular complexity index is 663. The summed E-state index contributed by atoms with van der Waals surface area (Å²) in [7, 11) is 1.95. The van der Waals surface area contributed by atoms with Crippen molar-refractivity contribution in [2.24, 2.45) is 0 Å². The summed E-state index contributed by atoms with van der Waals surface area (Å²) in [6, 6.07) is 13.8. The summed E-state index contributed by atoms with van der Waals surface area (Å²) >= 11 is 3.51. The molecule has 2 atom stereocenters. The standard InChI is InChI=1S/C17H18BrFN2O/c1-12(17(22)20-16-10-6-5-9-15(16)19)21(2)11-13-7-3-4-8-14(13)18/h3-10,12H,11H2,1-2H3,(H,20,22)/p+1/t12-/m0/s1. The number of anilines is 1. The molecule has 0 heterocycles. The number of hydrogen-bond donors (Lipinski definition) is 2. The maximum atomic E-state index is 13.6. The molecule has 2 N–H and O–H groups in total. The second kappa shape index (κ2) is 7.51. The van der Waals surface area contributed by atoms with Crippen LogP contribution in [-0.2, 0) is 11.3 Å². The first-order chi connectivity index (χ1) is 10.5. The number of likely N-dealkylation sites (N-methyl/N-ethyl adjacent to an activating group) is 1. The van der Waals surface area contributed by atoms with E-state index < -0.39 is 5.82 Å². The van der Waals surface area contributed by atoms with Gasteiger partial charge in [-0.15, -0.1) is 0 Å². The van der Waals surface area contributed by atoms with Crippen LogP contribution >= 0.6 is 15.9 Å². The van der Waals surface area contributed by atoms with Gasteiger partial charge in [-0.25, -0.2) is 4.39 Å². The third-order valence-electron chi connectivity index (χ3n) is 3.69. The molecule has 22 heavy (non-hydrogen) atoms. The lowest BCUT2D eigenvalue weighted by molar-refractivity contribution is -0.907. The predicted molar refractivity (Wildman–Crippen MR) is 89.2 cm³/mol. The van der Waals surface area contributed by atoms with E-state index in [-0.39, 0.29) is 17.6 Å². The Morgan fingerprint density at radius 3 is 2.55 bits per heavy atom. The van der Waals surface area contributed by atoms with Gasteiger partial charge in [-0.1, -0.05) is 46.3 Å². The molecule has 3 nitrogen and oxygen atoms in total. The number of quaternary nitrogens is 1. The summed E-state index contributed by atoms with van der Waals surface area (Å²) in [5.41, 5.74) is 1.35. The van der Waals surface area contributed by atoms with Crippen molar-refractivity contribution in [1.29, 1.82) is 0 Å². The molecule has 0 aliphatic carbocycles. The summed E-state index contributed by atoms with van der Waals surface area (Å²) in [5, 5.41) is 2.64. The van der Waals surface area contributed by atoms with Crippen LogP contribution in [0.15, 0.2) is 53.0 Å². The van der Waals surface area contributed by atoms with Gasteiger partial charge >= 0.3 is 0 Å². The Morgan fingerprint density at radius 2 is 1.86 bits per heavy atom. The van der Waals surface area contributed by atoms with E-state index in [0.29, 0.717) is 6.54 Å². The fourth-order valence-corrected chi connectivity index (χ4v) is 2.55. The van der Waals surface area contributed by atoms with Crippen molar-refractivity contribution >= 4 is 27.5 Å². The third-order valence-corrected chi connectivity index (χ3v) is 4.46. The van der Waals surface area contributed by atoms with Crippen LogP contribution in [-0.4, -0.2) is 19.0 Å². The van der Waals surface area contributed by atoms with E-state index >= 15 is 0 Å². The normalized spacial score (nSPS) is 13.5. The van der Waals surface area contributed by atoms with Gasteiger partial charge in [0.15, 0.2) is 6.04 Å². The summed E-state index contributed by atoms with van der Waals surface area (Å²) in [6.07, 6.45) is 0. The zero-order valence-electron chi connectivity index (χ0n) is 12.6. The molecule has 0 spiro atoms. The van der Waals surface area contributed by atoms with Gasteiger partial charge in [0.1, 0.15) is 12.4 Å². The van der Waals surface area contributed by atoms with E-state index in [2.05, 4.69) is 21.2 Å². The second-order valence-electron chi connectivity index (χ2n) is 5.31. The fraction of sp³-hybridized carbons (Fsp3) is 0.235. The number of nitrogens with one attached hydrogen (secondary N) is 2. The Labute approximate surface area is 138 Å². The van der Waals surface area contributed by atoms with Gasteiger partial charge in [-0.05, 0) is 25.1 Å². The SMILES string of the molecule is C[C@@H](C(=O)Nc1ccccc1F)[NH+](C)Cc1ccccc1Br. The summed E-state index contributed by atoms with van der Waals surface area (Å²) < 4.78 is 14.6. The number of rotatable bonds is 5. The molecular weight excluding hydrogens is 347 g/mol. The van der Waals surface area contributed by atoms with Crippen molar-refractivity contribution in [3.05, 3.63) is 64.4 Å². The maximum Gasteiger partial charge on any atom is 0.282 e. The van der Waals surface area contributed by atoms with Gasteiger partial charge in [0.2, 0.25) is 0 Å². The van der Waals surface area contributed by atoms with Crippen LogP contribution in [0, 0.1) is 5.82 Å². The summed E-state index contributed by atoms with van der Waals surface area (Å²) in [6.45, 7) is 2.54. The van der Waals surface area contributed by atoms with Crippen LogP contribution in [0.2, 0.25) is 0 Å². The van der Waals surface area contributed by atoms with Crippen LogP contribution in [0.1, 0.15) is 12.5 Å². The van der Waals surface area contributed by atoms with E-state index in [1.165, 1.54) is 6.07 Å². The number of benzene rings is 2. The lowest BCUT2D eigenvalue weighted by Gasteiger charge is -2.21. The number of halogens is 2. The van der Waals surface area contributed by atoms with E-state index in [4.69, 9.17) is 0 Å². The highest BCUT2D eigenvalue weighted by atomic mass is 79.9. The molecule has 0 aliphatic rings. The van der Waals surface area contributed by atoms with Crippen molar-refractivity contribution in [2.45, 2.75) is 19.5 Å². The molecule has 1 unspecified atom stereocenters. The molecule has 0 saturated heterocycles. The first kappa shape index (κ1) is 16.6. The Morgan fingerprint density at radius 1 is 1.23 bits per heavy atom. The molecule has 2 aromatic rings. The number of hydrogen-bond acceptors (Lipinski definition) is 1. The highest BCUT2D eigenvalue weighted by Gasteiger charge is 2.23. The average Bonchev–Trinajstić information content (AvgIpc) is 2.51. The van der Waals surface area contributed by atoms with E-state index in [1.807, 2.05) is 38.2 Å². The molecule has 1 amide bonds. The monoisotopic (exact) mass is 365 g/mol. The highest BCUT2D eigenvalue weighted by molar-refractivity contribution is 9.10. The largest absolute Gasteiger partial charge is 0.324 e. The molecule has 0 saturated carbocycles. The van der Waals surface area contributed by atoms with Gasteiger partial charge < -0.3 is 10.2 Å². The van der Waals surface area contributed by atoms with Gasteiger partial charge in [0.05, 0.1) is 12.7 Å². The minimum Gasteiger partial charge on any atom is -0.324 e. The minimum atomic E-state index is -0.425. The Kier molecular flexibility index (Phi) is 5.69. The van der Waals surface area contributed by atoms with Gasteiger partial charge in [0, 0.05) is 10.0 Å². The van der Waals surface area contributed by atoms with E-state index in [0.717, 1.165) is 14.9 Å². The van der Waals surface area contributed by atoms with Crippen molar-refractivity contribution in [2.75, 3.05) is 12.4 Å². The van der Waals surface area contributed by atoms with Crippen LogP contribution < -0.4 is 10.2 Å². The van der Waals surface area contributed by atoms with E-state index in [1.54, 1.807) is 18.2 Å². The molecular formula is C17H19BrFN2O+. The maximum absolute atomic E-state index is 13.6. The quantitative estimate of drug-likeness (QED) is 0.838. The van der Waals surface area contributed by atoms with Crippen molar-refractivity contribution in [3.8, 4) is 0 Å². The van der Waals surface area contributed by atoms with Crippen molar-refractivity contribution in [1.82, 2.24) is 0 Å². The topological polar surface area (TPSA) is 33.5 Å². The number of carbonyl (C=O) groups is 1. The van der Waals surface area contributed by atoms with Crippen LogP contribution in [0.4, 0.5) is 10.1 Å². The number of amides is 1. The van der Waals surface area contributed by atoms with Crippen LogP contribution in [0.25, 0.3) is 0 Å². The van der Waals surface area contributed by atoms with Gasteiger partial charge in [-0.2, -0.15) is 0 Å². The Hall–Kier alpha value is -1.72. The number of para-hydroxylation sites is 1. The van der Waals surface area contributed by atoms with Crippen LogP contribution in [0.3, 0.4) is 0 Å². The van der Waals surface area contributed by atoms with Gasteiger partial charge in [-0.3, -0.25) is 4.79 Å². The zero-order chi connectivity index (χ0) is 16.1. The minimum absolute atomic E-state index is 0.199. The molecule has 0 radical (unpaired) electrons. The molecule has 0 bridgehead atoms. The molecule has 5 heteroatoms.